The van der Waals surface area contributed by atoms with Gasteiger partial charge >= 0.3 is 5.57 Å². The maximum atomic E-state index is 12.8. The van der Waals surface area contributed by atoms with Crippen LogP contribution in [-0.4, -0.2) is 5.57 Å². The van der Waals surface area contributed by atoms with Crippen molar-refractivity contribution in [2.75, 3.05) is 0 Å². The van der Waals surface area contributed by atoms with Crippen LogP contribution in [0.25, 0.3) is 0 Å². The van der Waals surface area contributed by atoms with Crippen molar-refractivity contribution >= 4 is 27.5 Å². The zero-order valence-electron chi connectivity index (χ0n) is 6.03. The van der Waals surface area contributed by atoms with Crippen molar-refractivity contribution in [3.05, 3.63) is 28.5 Å². The van der Waals surface area contributed by atoms with Crippen molar-refractivity contribution in [1.29, 1.82) is 0 Å². The second kappa shape index (κ2) is 3.75. The quantitative estimate of drug-likeness (QED) is 0.747. The molecule has 72 valence electrons. The molecular formula is C7H3BrClF3O. The van der Waals surface area contributed by atoms with Crippen molar-refractivity contribution < 1.29 is 17.9 Å². The Balaban J connectivity index is 3.00. The minimum atomic E-state index is -3.91. The monoisotopic (exact) mass is 274 g/mol. The lowest BCUT2D eigenvalue weighted by Gasteiger charge is -2.12. The largest absolute Gasteiger partial charge is 0.487 e. The predicted octanol–water partition coefficient (Wildman–Crippen LogP) is 3.76. The summed E-state index contributed by atoms with van der Waals surface area (Å²) in [6, 6.07) is 3.70. The lowest BCUT2D eigenvalue weighted by atomic mass is 10.3. The van der Waals surface area contributed by atoms with Gasteiger partial charge in [-0.05, 0) is 28.1 Å². The Bertz CT molecular complexity index is 293. The number of hydrogen-bond acceptors (Lipinski definition) is 1. The fraction of sp³-hybridized carbons (Fsp3) is 0.143. The van der Waals surface area contributed by atoms with Crippen LogP contribution in [0.1, 0.15) is 0 Å². The Morgan fingerprint density at radius 3 is 2.46 bits per heavy atom. The molecule has 0 aromatic heterocycles. The lowest BCUT2D eigenvalue weighted by molar-refractivity contribution is -0.0989. The number of ether oxygens (including phenoxy) is 1. The molecule has 0 heterocycles. The number of hydrogen-bond donors (Lipinski definition) is 0. The number of halogens is 5. The van der Waals surface area contributed by atoms with E-state index < -0.39 is 17.1 Å². The molecule has 6 heteroatoms. The second-order valence-electron chi connectivity index (χ2n) is 2.10. The van der Waals surface area contributed by atoms with Crippen molar-refractivity contribution in [3.8, 4) is 5.75 Å². The van der Waals surface area contributed by atoms with E-state index in [0.717, 1.165) is 6.07 Å². The van der Waals surface area contributed by atoms with Gasteiger partial charge in [0.1, 0.15) is 0 Å². The van der Waals surface area contributed by atoms with Crippen molar-refractivity contribution in [1.82, 2.24) is 0 Å². The van der Waals surface area contributed by atoms with E-state index in [4.69, 9.17) is 0 Å². The molecule has 13 heavy (non-hydrogen) atoms. The van der Waals surface area contributed by atoms with E-state index >= 15 is 0 Å². The van der Waals surface area contributed by atoms with Crippen molar-refractivity contribution in [2.24, 2.45) is 0 Å². The molecule has 0 aliphatic heterocycles. The van der Waals surface area contributed by atoms with Gasteiger partial charge in [-0.3, -0.25) is 0 Å². The first kappa shape index (κ1) is 10.7. The standard InChI is InChI=1S/C7H3BrClF3O/c8-4-2-1-3-5(10)6(4)13-7(9,11)12/h1-3H. The molecule has 0 saturated carbocycles. The summed E-state index contributed by atoms with van der Waals surface area (Å²) in [5.74, 6) is -1.52. The van der Waals surface area contributed by atoms with Crippen LogP contribution in [0, 0.1) is 5.82 Å². The summed E-state index contributed by atoms with van der Waals surface area (Å²) >= 11 is 7.31. The number of alkyl halides is 3. The Labute approximate surface area is 85.6 Å². The van der Waals surface area contributed by atoms with E-state index in [1.54, 1.807) is 0 Å². The highest BCUT2D eigenvalue weighted by molar-refractivity contribution is 9.10. The Morgan fingerprint density at radius 2 is 2.00 bits per heavy atom. The van der Waals surface area contributed by atoms with Gasteiger partial charge in [0.2, 0.25) is 0 Å². The Morgan fingerprint density at radius 1 is 1.38 bits per heavy atom. The molecule has 0 N–H and O–H groups in total. The van der Waals surface area contributed by atoms with E-state index in [-0.39, 0.29) is 4.47 Å². The predicted molar refractivity (Wildman–Crippen MR) is 45.5 cm³/mol. The number of para-hydroxylation sites is 1. The molecule has 0 spiro atoms. The average Bonchev–Trinajstić information content (AvgIpc) is 1.95. The SMILES string of the molecule is Fc1cccc(Br)c1OC(F)(F)Cl. The summed E-state index contributed by atoms with van der Waals surface area (Å²) in [4.78, 5) is 0. The topological polar surface area (TPSA) is 9.23 Å². The lowest BCUT2D eigenvalue weighted by Crippen LogP contribution is -2.16. The van der Waals surface area contributed by atoms with Gasteiger partial charge in [-0.2, -0.15) is 0 Å². The first-order valence-electron chi connectivity index (χ1n) is 3.10. The van der Waals surface area contributed by atoms with E-state index in [1.807, 2.05) is 0 Å². The molecular weight excluding hydrogens is 272 g/mol. The molecule has 1 aromatic rings. The third-order valence-corrected chi connectivity index (χ3v) is 1.84. The first-order chi connectivity index (χ1) is 5.90. The van der Waals surface area contributed by atoms with E-state index in [9.17, 15) is 13.2 Å². The molecule has 0 radical (unpaired) electrons. The van der Waals surface area contributed by atoms with E-state index in [1.165, 1.54) is 12.1 Å². The van der Waals surface area contributed by atoms with Crippen molar-refractivity contribution in [3.63, 3.8) is 0 Å². The molecule has 0 aliphatic carbocycles. The van der Waals surface area contributed by atoms with Crippen LogP contribution in [-0.2, 0) is 0 Å². The molecule has 0 bridgehead atoms. The minimum absolute atomic E-state index is 0.0767. The molecule has 0 amide bonds. The highest BCUT2D eigenvalue weighted by Crippen LogP contribution is 2.33. The average molecular weight is 275 g/mol. The Kier molecular flexibility index (Phi) is 3.08. The molecule has 1 nitrogen and oxygen atoms in total. The van der Waals surface area contributed by atoms with Crippen LogP contribution >= 0.6 is 27.5 Å². The summed E-state index contributed by atoms with van der Waals surface area (Å²) in [7, 11) is 0. The summed E-state index contributed by atoms with van der Waals surface area (Å²) in [6.07, 6.45) is 0. The van der Waals surface area contributed by atoms with Crippen LogP contribution in [0.2, 0.25) is 0 Å². The normalized spacial score (nSPS) is 11.5. The summed E-state index contributed by atoms with van der Waals surface area (Å²) in [5, 5.41) is 0. The van der Waals surface area contributed by atoms with Gasteiger partial charge < -0.3 is 4.74 Å². The molecule has 0 atom stereocenters. The van der Waals surface area contributed by atoms with Gasteiger partial charge in [0.15, 0.2) is 11.6 Å². The fourth-order valence-corrected chi connectivity index (χ4v) is 1.20. The van der Waals surface area contributed by atoms with E-state index in [0.29, 0.717) is 0 Å². The third kappa shape index (κ3) is 3.08. The summed E-state index contributed by atoms with van der Waals surface area (Å²) in [6.45, 7) is 0. The molecule has 1 rings (SSSR count). The summed E-state index contributed by atoms with van der Waals surface area (Å²) < 4.78 is 41.0. The second-order valence-corrected chi connectivity index (χ2v) is 3.39. The van der Waals surface area contributed by atoms with Crippen LogP contribution in [0.5, 0.6) is 5.75 Å². The third-order valence-electron chi connectivity index (χ3n) is 1.14. The zero-order chi connectivity index (χ0) is 10.1. The van der Waals surface area contributed by atoms with Gasteiger partial charge in [0, 0.05) is 11.6 Å². The molecule has 0 fully saturated rings. The fourth-order valence-electron chi connectivity index (χ4n) is 0.696. The highest BCUT2D eigenvalue weighted by atomic mass is 79.9. The molecule has 0 unspecified atom stereocenters. The van der Waals surface area contributed by atoms with E-state index in [2.05, 4.69) is 32.3 Å². The van der Waals surface area contributed by atoms with Crippen LogP contribution in [0.3, 0.4) is 0 Å². The van der Waals surface area contributed by atoms with Gasteiger partial charge in [-0.25, -0.2) is 4.39 Å². The number of benzene rings is 1. The van der Waals surface area contributed by atoms with Gasteiger partial charge in [-0.15, -0.1) is 8.78 Å². The Hall–Kier alpha value is -0.420. The number of rotatable bonds is 2. The smallest absolute Gasteiger partial charge is 0.416 e. The molecule has 0 aliphatic rings. The summed E-state index contributed by atoms with van der Waals surface area (Å²) in [5.41, 5.74) is -3.91. The van der Waals surface area contributed by atoms with Crippen LogP contribution < -0.4 is 4.74 Å². The zero-order valence-corrected chi connectivity index (χ0v) is 8.37. The highest BCUT2D eigenvalue weighted by Gasteiger charge is 2.30. The minimum Gasteiger partial charge on any atom is -0.416 e. The maximum Gasteiger partial charge on any atom is 0.487 e. The van der Waals surface area contributed by atoms with Gasteiger partial charge in [0.25, 0.3) is 0 Å². The van der Waals surface area contributed by atoms with Crippen molar-refractivity contribution in [2.45, 2.75) is 5.57 Å². The maximum absolute atomic E-state index is 12.8. The van der Waals surface area contributed by atoms with Crippen LogP contribution in [0.15, 0.2) is 22.7 Å². The van der Waals surface area contributed by atoms with Gasteiger partial charge in [-0.1, -0.05) is 6.07 Å². The van der Waals surface area contributed by atoms with Crippen LogP contribution in [0.4, 0.5) is 13.2 Å². The molecule has 0 saturated heterocycles. The van der Waals surface area contributed by atoms with Gasteiger partial charge in [0.05, 0.1) is 4.47 Å². The first-order valence-corrected chi connectivity index (χ1v) is 4.27. The molecule has 1 aromatic carbocycles.